The van der Waals surface area contributed by atoms with E-state index in [1.165, 1.54) is 0 Å². The van der Waals surface area contributed by atoms with E-state index in [2.05, 4.69) is 10.6 Å². The van der Waals surface area contributed by atoms with E-state index in [1.807, 2.05) is 36.4 Å². The van der Waals surface area contributed by atoms with Gasteiger partial charge in [-0.2, -0.15) is 0 Å². The third-order valence-corrected chi connectivity index (χ3v) is 6.29. The smallest absolute Gasteiger partial charge is 0.251 e. The molecule has 27 heavy (non-hydrogen) atoms. The summed E-state index contributed by atoms with van der Waals surface area (Å²) in [6.45, 7) is 0. The first kappa shape index (κ1) is 19.1. The summed E-state index contributed by atoms with van der Waals surface area (Å²) in [6.07, 6.45) is 0.726. The molecule has 3 rings (SSSR count). The van der Waals surface area contributed by atoms with Crippen molar-refractivity contribution >= 4 is 21.7 Å². The molecule has 6 nitrogen and oxygen atoms in total. The molecule has 2 N–H and O–H groups in total. The van der Waals surface area contributed by atoms with E-state index in [0.717, 1.165) is 5.56 Å². The minimum absolute atomic E-state index is 0.0522. The highest BCUT2D eigenvalue weighted by atomic mass is 32.2. The molecule has 0 saturated carbocycles. The molecule has 0 bridgehead atoms. The minimum Gasteiger partial charge on any atom is -0.351 e. The number of hydrogen-bond acceptors (Lipinski definition) is 4. The van der Waals surface area contributed by atoms with Crippen LogP contribution in [0.1, 0.15) is 22.3 Å². The van der Waals surface area contributed by atoms with Crippen LogP contribution in [0.2, 0.25) is 0 Å². The molecule has 1 aliphatic heterocycles. The number of sulfone groups is 1. The Morgan fingerprint density at radius 3 is 2.22 bits per heavy atom. The zero-order valence-electron chi connectivity index (χ0n) is 14.8. The van der Waals surface area contributed by atoms with Crippen LogP contribution in [0, 0.1) is 0 Å². The number of amides is 2. The van der Waals surface area contributed by atoms with Crippen LogP contribution in [0.15, 0.2) is 60.7 Å². The van der Waals surface area contributed by atoms with Gasteiger partial charge in [0.05, 0.1) is 11.5 Å². The van der Waals surface area contributed by atoms with Gasteiger partial charge in [-0.05, 0) is 24.1 Å². The van der Waals surface area contributed by atoms with Gasteiger partial charge in [-0.25, -0.2) is 8.42 Å². The van der Waals surface area contributed by atoms with Gasteiger partial charge >= 0.3 is 0 Å². The maximum atomic E-state index is 12.8. The minimum atomic E-state index is -3.09. The summed E-state index contributed by atoms with van der Waals surface area (Å²) in [5.74, 6) is -0.683. The number of rotatable bonds is 6. The molecule has 0 aliphatic carbocycles. The second-order valence-corrected chi connectivity index (χ2v) is 8.92. The lowest BCUT2D eigenvalue weighted by molar-refractivity contribution is -0.123. The maximum Gasteiger partial charge on any atom is 0.251 e. The molecule has 2 unspecified atom stereocenters. The van der Waals surface area contributed by atoms with Gasteiger partial charge in [-0.3, -0.25) is 9.59 Å². The third kappa shape index (κ3) is 5.40. The normalized spacial score (nSPS) is 19.2. The predicted molar refractivity (Wildman–Crippen MR) is 103 cm³/mol. The van der Waals surface area contributed by atoms with Crippen molar-refractivity contribution in [3.05, 3.63) is 71.8 Å². The van der Waals surface area contributed by atoms with Crippen molar-refractivity contribution in [1.82, 2.24) is 10.6 Å². The van der Waals surface area contributed by atoms with Crippen molar-refractivity contribution in [2.75, 3.05) is 11.5 Å². The van der Waals surface area contributed by atoms with Crippen molar-refractivity contribution in [3.63, 3.8) is 0 Å². The Labute approximate surface area is 158 Å². The lowest BCUT2D eigenvalue weighted by atomic mass is 10.0. The molecule has 0 spiro atoms. The van der Waals surface area contributed by atoms with Gasteiger partial charge in [0.2, 0.25) is 5.91 Å². The highest BCUT2D eigenvalue weighted by Crippen LogP contribution is 2.12. The Hall–Kier alpha value is -2.67. The first-order valence-corrected chi connectivity index (χ1v) is 10.7. The van der Waals surface area contributed by atoms with E-state index in [1.54, 1.807) is 24.3 Å². The van der Waals surface area contributed by atoms with Crippen LogP contribution in [0.25, 0.3) is 0 Å². The number of carbonyl (C=O) groups is 2. The summed E-state index contributed by atoms with van der Waals surface area (Å²) in [6, 6.07) is 16.9. The number of nitrogens with one attached hydrogen (secondary N) is 2. The average Bonchev–Trinajstić information content (AvgIpc) is 3.01. The van der Waals surface area contributed by atoms with Crippen LogP contribution < -0.4 is 10.6 Å². The molecule has 142 valence electrons. The quantitative estimate of drug-likeness (QED) is 0.783. The van der Waals surface area contributed by atoms with E-state index >= 15 is 0 Å². The number of hydrogen-bond donors (Lipinski definition) is 2. The standard InChI is InChI=1S/C20H22N2O4S/c23-19(16-9-5-2-6-10-16)22-18(13-15-7-3-1-4-8-15)20(24)21-17-11-12-27(25,26)14-17/h1-10,17-18H,11-14H2,(H,21,24)(H,22,23). The maximum absolute atomic E-state index is 12.8. The van der Waals surface area contributed by atoms with Crippen LogP contribution in [-0.4, -0.2) is 43.8 Å². The molecular formula is C20H22N2O4S. The largest absolute Gasteiger partial charge is 0.351 e. The fourth-order valence-electron chi connectivity index (χ4n) is 3.10. The highest BCUT2D eigenvalue weighted by molar-refractivity contribution is 7.91. The van der Waals surface area contributed by atoms with Crippen molar-refractivity contribution < 1.29 is 18.0 Å². The molecule has 0 radical (unpaired) electrons. The monoisotopic (exact) mass is 386 g/mol. The predicted octanol–water partition coefficient (Wildman–Crippen LogP) is 1.33. The zero-order valence-corrected chi connectivity index (χ0v) is 15.6. The lowest BCUT2D eigenvalue weighted by Crippen LogP contribution is -2.51. The van der Waals surface area contributed by atoms with E-state index in [0.29, 0.717) is 18.4 Å². The Morgan fingerprint density at radius 1 is 1.00 bits per heavy atom. The Morgan fingerprint density at radius 2 is 1.63 bits per heavy atom. The molecule has 1 saturated heterocycles. The fraction of sp³-hybridized carbons (Fsp3) is 0.300. The first-order chi connectivity index (χ1) is 12.9. The Balaban J connectivity index is 1.72. The van der Waals surface area contributed by atoms with Crippen LogP contribution >= 0.6 is 0 Å². The van der Waals surface area contributed by atoms with Gasteiger partial charge in [0.1, 0.15) is 6.04 Å². The van der Waals surface area contributed by atoms with Gasteiger partial charge in [-0.1, -0.05) is 48.5 Å². The zero-order chi connectivity index (χ0) is 19.3. The molecule has 1 heterocycles. The number of benzene rings is 2. The van der Waals surface area contributed by atoms with Crippen LogP contribution in [0.4, 0.5) is 0 Å². The van der Waals surface area contributed by atoms with Crippen molar-refractivity contribution in [2.24, 2.45) is 0 Å². The molecule has 2 atom stereocenters. The second-order valence-electron chi connectivity index (χ2n) is 6.69. The van der Waals surface area contributed by atoms with Crippen LogP contribution in [0.5, 0.6) is 0 Å². The van der Waals surface area contributed by atoms with E-state index in [9.17, 15) is 18.0 Å². The molecule has 1 fully saturated rings. The fourth-order valence-corrected chi connectivity index (χ4v) is 4.77. The molecule has 1 aliphatic rings. The van der Waals surface area contributed by atoms with E-state index < -0.39 is 21.9 Å². The summed E-state index contributed by atoms with van der Waals surface area (Å²) >= 11 is 0. The van der Waals surface area contributed by atoms with Gasteiger partial charge in [0.25, 0.3) is 5.91 Å². The van der Waals surface area contributed by atoms with Crippen molar-refractivity contribution in [1.29, 1.82) is 0 Å². The molecule has 2 aromatic rings. The van der Waals surface area contributed by atoms with Crippen LogP contribution in [0.3, 0.4) is 0 Å². The average molecular weight is 386 g/mol. The van der Waals surface area contributed by atoms with Gasteiger partial charge in [0.15, 0.2) is 9.84 Å². The summed E-state index contributed by atoms with van der Waals surface area (Å²) < 4.78 is 23.3. The first-order valence-electron chi connectivity index (χ1n) is 8.83. The highest BCUT2D eigenvalue weighted by Gasteiger charge is 2.31. The van der Waals surface area contributed by atoms with E-state index in [-0.39, 0.29) is 23.3 Å². The van der Waals surface area contributed by atoms with E-state index in [4.69, 9.17) is 0 Å². The Kier molecular flexibility index (Phi) is 5.91. The van der Waals surface area contributed by atoms with Gasteiger partial charge in [-0.15, -0.1) is 0 Å². The molecule has 2 aromatic carbocycles. The topological polar surface area (TPSA) is 92.3 Å². The number of carbonyl (C=O) groups excluding carboxylic acids is 2. The molecule has 2 amide bonds. The summed E-state index contributed by atoms with van der Waals surface area (Å²) in [5, 5.41) is 5.55. The van der Waals surface area contributed by atoms with Gasteiger partial charge in [0, 0.05) is 18.0 Å². The van der Waals surface area contributed by atoms with Gasteiger partial charge < -0.3 is 10.6 Å². The SMILES string of the molecule is O=C(NC(Cc1ccccc1)C(=O)NC1CCS(=O)(=O)C1)c1ccccc1. The van der Waals surface area contributed by atoms with Crippen LogP contribution in [-0.2, 0) is 21.1 Å². The summed E-state index contributed by atoms with van der Waals surface area (Å²) in [7, 11) is -3.09. The molecule has 7 heteroatoms. The second kappa shape index (κ2) is 8.35. The summed E-state index contributed by atoms with van der Waals surface area (Å²) in [5.41, 5.74) is 1.37. The molecular weight excluding hydrogens is 364 g/mol. The molecule has 0 aromatic heterocycles. The third-order valence-electron chi connectivity index (χ3n) is 4.52. The summed E-state index contributed by atoms with van der Waals surface area (Å²) in [4.78, 5) is 25.3. The Bertz CT molecular complexity index is 898. The van der Waals surface area contributed by atoms with Crippen molar-refractivity contribution in [3.8, 4) is 0 Å². The lowest BCUT2D eigenvalue weighted by Gasteiger charge is -2.21. The van der Waals surface area contributed by atoms with Crippen molar-refractivity contribution in [2.45, 2.75) is 24.9 Å².